The van der Waals surface area contributed by atoms with Gasteiger partial charge >= 0.3 is 0 Å². The molecule has 2 aromatic carbocycles. The molecule has 3 rings (SSSR count). The third-order valence-corrected chi connectivity index (χ3v) is 3.27. The van der Waals surface area contributed by atoms with Crippen LogP contribution in [0, 0.1) is 6.92 Å². The first-order valence-electron chi connectivity index (χ1n) is 6.06. The molecule has 19 heavy (non-hydrogen) atoms. The van der Waals surface area contributed by atoms with E-state index < -0.39 is 0 Å². The van der Waals surface area contributed by atoms with Gasteiger partial charge in [-0.25, -0.2) is 0 Å². The molecule has 1 aromatic heterocycles. The van der Waals surface area contributed by atoms with E-state index >= 15 is 0 Å². The first-order valence-corrected chi connectivity index (χ1v) is 6.06. The number of phenols is 1. The molecule has 0 bridgehead atoms. The zero-order valence-corrected chi connectivity index (χ0v) is 10.8. The second kappa shape index (κ2) is 4.35. The van der Waals surface area contributed by atoms with Gasteiger partial charge in [0.1, 0.15) is 11.3 Å². The molecule has 3 nitrogen and oxygen atoms in total. The van der Waals surface area contributed by atoms with Crippen molar-refractivity contribution in [2.24, 2.45) is 0 Å². The van der Waals surface area contributed by atoms with Gasteiger partial charge in [-0.2, -0.15) is 0 Å². The molecule has 3 aromatic rings. The van der Waals surface area contributed by atoms with Crippen molar-refractivity contribution in [2.45, 2.75) is 6.92 Å². The first-order chi connectivity index (χ1) is 9.20. The number of phenolic OH excluding ortho intramolecular Hbond substituents is 1. The second-order valence-electron chi connectivity index (χ2n) is 4.44. The fourth-order valence-electron chi connectivity index (χ4n) is 2.26. The van der Waals surface area contributed by atoms with Crippen molar-refractivity contribution in [1.29, 1.82) is 0 Å². The third-order valence-electron chi connectivity index (χ3n) is 3.27. The average molecular weight is 254 g/mol. The zero-order valence-electron chi connectivity index (χ0n) is 10.8. The van der Waals surface area contributed by atoms with Crippen LogP contribution in [-0.4, -0.2) is 12.2 Å². The van der Waals surface area contributed by atoms with Crippen molar-refractivity contribution in [3.05, 3.63) is 48.0 Å². The minimum Gasteiger partial charge on any atom is -0.504 e. The molecule has 3 heteroatoms. The van der Waals surface area contributed by atoms with Gasteiger partial charge in [0.05, 0.1) is 7.11 Å². The molecule has 1 N–H and O–H groups in total. The number of rotatable bonds is 2. The Morgan fingerprint density at radius 3 is 2.53 bits per heavy atom. The molecule has 0 saturated heterocycles. The molecular weight excluding hydrogens is 240 g/mol. The predicted octanol–water partition coefficient (Wildman–Crippen LogP) is 4.12. The normalized spacial score (nSPS) is 10.8. The topological polar surface area (TPSA) is 42.6 Å². The van der Waals surface area contributed by atoms with Gasteiger partial charge < -0.3 is 14.3 Å². The van der Waals surface area contributed by atoms with Gasteiger partial charge in [0.2, 0.25) is 0 Å². The average Bonchev–Trinajstić information content (AvgIpc) is 2.76. The van der Waals surface area contributed by atoms with Crippen molar-refractivity contribution in [1.82, 2.24) is 0 Å². The van der Waals surface area contributed by atoms with Crippen LogP contribution in [0.5, 0.6) is 11.5 Å². The highest BCUT2D eigenvalue weighted by atomic mass is 16.5. The summed E-state index contributed by atoms with van der Waals surface area (Å²) in [6.07, 6.45) is 0. The largest absolute Gasteiger partial charge is 0.504 e. The van der Waals surface area contributed by atoms with Crippen molar-refractivity contribution in [2.75, 3.05) is 7.11 Å². The van der Waals surface area contributed by atoms with Crippen LogP contribution in [0.2, 0.25) is 0 Å². The molecule has 0 saturated carbocycles. The van der Waals surface area contributed by atoms with Gasteiger partial charge in [0.15, 0.2) is 11.5 Å². The fourth-order valence-corrected chi connectivity index (χ4v) is 2.26. The number of ether oxygens (including phenoxy) is 1. The second-order valence-corrected chi connectivity index (χ2v) is 4.44. The van der Waals surface area contributed by atoms with Gasteiger partial charge in [-0.3, -0.25) is 0 Å². The van der Waals surface area contributed by atoms with Crippen LogP contribution in [0.1, 0.15) is 5.56 Å². The van der Waals surface area contributed by atoms with Crippen LogP contribution < -0.4 is 4.74 Å². The van der Waals surface area contributed by atoms with Crippen LogP contribution >= 0.6 is 0 Å². The molecule has 0 aliphatic rings. The Bertz CT molecular complexity index is 727. The van der Waals surface area contributed by atoms with E-state index in [1.165, 1.54) is 7.11 Å². The number of hydrogen-bond acceptors (Lipinski definition) is 3. The van der Waals surface area contributed by atoms with Gasteiger partial charge in [-0.05, 0) is 13.0 Å². The van der Waals surface area contributed by atoms with Gasteiger partial charge in [-0.15, -0.1) is 0 Å². The Labute approximate surface area is 111 Å². The first kappa shape index (κ1) is 11.7. The lowest BCUT2D eigenvalue weighted by Gasteiger charge is -2.01. The van der Waals surface area contributed by atoms with E-state index in [1.807, 2.05) is 37.3 Å². The maximum Gasteiger partial charge on any atom is 0.164 e. The molecule has 0 unspecified atom stereocenters. The summed E-state index contributed by atoms with van der Waals surface area (Å²) in [7, 11) is 1.52. The maximum absolute atomic E-state index is 9.85. The molecule has 96 valence electrons. The molecule has 0 aliphatic carbocycles. The Balaban J connectivity index is 2.26. The lowest BCUT2D eigenvalue weighted by Crippen LogP contribution is -1.82. The number of hydrogen-bond donors (Lipinski definition) is 1. The minimum atomic E-state index is 0.124. The van der Waals surface area contributed by atoms with Crippen molar-refractivity contribution < 1.29 is 14.3 Å². The number of benzene rings is 2. The Hall–Kier alpha value is -2.42. The summed E-state index contributed by atoms with van der Waals surface area (Å²) in [5.74, 6) is 1.36. The molecule has 0 spiro atoms. The number of methoxy groups -OCH3 is 1. The molecular formula is C16H14O3. The predicted molar refractivity (Wildman–Crippen MR) is 74.6 cm³/mol. The number of aryl methyl sites for hydroxylation is 1. The van der Waals surface area contributed by atoms with Crippen LogP contribution in [0.4, 0.5) is 0 Å². The van der Waals surface area contributed by atoms with E-state index in [1.54, 1.807) is 12.1 Å². The Morgan fingerprint density at radius 2 is 1.84 bits per heavy atom. The molecule has 0 atom stereocenters. The Kier molecular flexibility index (Phi) is 2.67. The van der Waals surface area contributed by atoms with Gasteiger partial charge in [-0.1, -0.05) is 30.3 Å². The van der Waals surface area contributed by atoms with Crippen molar-refractivity contribution in [3.63, 3.8) is 0 Å². The van der Waals surface area contributed by atoms with Gasteiger partial charge in [0.25, 0.3) is 0 Å². The van der Waals surface area contributed by atoms with Crippen LogP contribution in [0.15, 0.2) is 46.9 Å². The summed E-state index contributed by atoms with van der Waals surface area (Å²) in [4.78, 5) is 0. The summed E-state index contributed by atoms with van der Waals surface area (Å²) < 4.78 is 11.0. The van der Waals surface area contributed by atoms with E-state index in [-0.39, 0.29) is 5.75 Å². The molecule has 0 fully saturated rings. The van der Waals surface area contributed by atoms with Crippen LogP contribution in [0.25, 0.3) is 22.3 Å². The van der Waals surface area contributed by atoms with E-state index in [0.29, 0.717) is 11.3 Å². The maximum atomic E-state index is 9.85. The fraction of sp³-hybridized carbons (Fsp3) is 0.125. The molecule has 0 radical (unpaired) electrons. The number of furan rings is 1. The van der Waals surface area contributed by atoms with Crippen LogP contribution in [0.3, 0.4) is 0 Å². The highest BCUT2D eigenvalue weighted by molar-refractivity contribution is 5.90. The van der Waals surface area contributed by atoms with E-state index in [9.17, 15) is 5.11 Å². The highest BCUT2D eigenvalue weighted by Crippen LogP contribution is 2.38. The molecule has 0 aliphatic heterocycles. The highest BCUT2D eigenvalue weighted by Gasteiger charge is 2.15. The quantitative estimate of drug-likeness (QED) is 0.748. The minimum absolute atomic E-state index is 0.124. The van der Waals surface area contributed by atoms with Crippen LogP contribution in [-0.2, 0) is 0 Å². The molecule has 0 amide bonds. The van der Waals surface area contributed by atoms with Crippen molar-refractivity contribution in [3.8, 4) is 22.8 Å². The summed E-state index contributed by atoms with van der Waals surface area (Å²) in [5.41, 5.74) is 2.75. The van der Waals surface area contributed by atoms with E-state index in [0.717, 1.165) is 22.3 Å². The smallest absolute Gasteiger partial charge is 0.164 e. The summed E-state index contributed by atoms with van der Waals surface area (Å²) >= 11 is 0. The van der Waals surface area contributed by atoms with Gasteiger partial charge in [0, 0.05) is 22.6 Å². The summed E-state index contributed by atoms with van der Waals surface area (Å²) in [5, 5.41) is 10.7. The third kappa shape index (κ3) is 1.83. The number of fused-ring (bicyclic) bond motifs is 1. The number of aromatic hydroxyl groups is 1. The van der Waals surface area contributed by atoms with E-state index in [4.69, 9.17) is 9.15 Å². The zero-order chi connectivity index (χ0) is 13.4. The standard InChI is InChI=1S/C16H14O3/c1-10-12-8-13(17)15(18-2)9-14(12)19-16(10)11-6-4-3-5-7-11/h3-9,17H,1-2H3. The Morgan fingerprint density at radius 1 is 1.11 bits per heavy atom. The lowest BCUT2D eigenvalue weighted by molar-refractivity contribution is 0.373. The summed E-state index contributed by atoms with van der Waals surface area (Å²) in [6.45, 7) is 1.99. The monoisotopic (exact) mass is 254 g/mol. The van der Waals surface area contributed by atoms with Crippen molar-refractivity contribution >= 4 is 11.0 Å². The van der Waals surface area contributed by atoms with E-state index in [2.05, 4.69) is 0 Å². The summed E-state index contributed by atoms with van der Waals surface area (Å²) in [6, 6.07) is 13.3. The molecule has 1 heterocycles. The lowest BCUT2D eigenvalue weighted by atomic mass is 10.1. The SMILES string of the molecule is COc1cc2oc(-c3ccccc3)c(C)c2cc1O.